The van der Waals surface area contributed by atoms with Gasteiger partial charge in [0.1, 0.15) is 11.9 Å². The number of rotatable bonds is 8. The summed E-state index contributed by atoms with van der Waals surface area (Å²) in [5.41, 5.74) is 2.29. The van der Waals surface area contributed by atoms with Crippen molar-refractivity contribution in [3.05, 3.63) is 16.8 Å². The molecule has 7 nitrogen and oxygen atoms in total. The van der Waals surface area contributed by atoms with Crippen LogP contribution in [0, 0.1) is 25.2 Å². The number of carbonyl (C=O) groups is 2. The molecule has 0 radical (unpaired) electrons. The highest BCUT2D eigenvalue weighted by atomic mass is 32.2. The van der Waals surface area contributed by atoms with Gasteiger partial charge < -0.3 is 19.4 Å². The average molecular weight is 379 g/mol. The SMILES string of the molecule is CCOC(=O)CSCC(=O)Nc1c(C#N)c(C)c(C)n1C[C@@H]1CCCO1. The van der Waals surface area contributed by atoms with E-state index in [0.29, 0.717) is 24.5 Å². The Morgan fingerprint density at radius 1 is 1.42 bits per heavy atom. The lowest BCUT2D eigenvalue weighted by atomic mass is 10.2. The number of carbonyl (C=O) groups excluding carboxylic acids is 2. The van der Waals surface area contributed by atoms with Gasteiger partial charge in [-0.1, -0.05) is 0 Å². The van der Waals surface area contributed by atoms with Crippen LogP contribution >= 0.6 is 11.8 Å². The highest BCUT2D eigenvalue weighted by Gasteiger charge is 2.24. The second-order valence-electron chi connectivity index (χ2n) is 6.14. The van der Waals surface area contributed by atoms with Gasteiger partial charge in [-0.3, -0.25) is 9.59 Å². The molecule has 0 unspecified atom stereocenters. The van der Waals surface area contributed by atoms with Crippen LogP contribution in [0.2, 0.25) is 0 Å². The zero-order valence-electron chi connectivity index (χ0n) is 15.5. The Morgan fingerprint density at radius 3 is 2.81 bits per heavy atom. The van der Waals surface area contributed by atoms with Crippen molar-refractivity contribution in [3.8, 4) is 6.07 Å². The zero-order chi connectivity index (χ0) is 19.1. The number of nitrogens with one attached hydrogen (secondary N) is 1. The smallest absolute Gasteiger partial charge is 0.315 e. The van der Waals surface area contributed by atoms with Crippen LogP contribution in [0.3, 0.4) is 0 Å². The molecular weight excluding hydrogens is 354 g/mol. The molecular formula is C18H25N3O4S. The fourth-order valence-electron chi connectivity index (χ4n) is 2.95. The van der Waals surface area contributed by atoms with E-state index >= 15 is 0 Å². The first-order valence-electron chi connectivity index (χ1n) is 8.72. The van der Waals surface area contributed by atoms with Gasteiger partial charge in [-0.05, 0) is 39.2 Å². The van der Waals surface area contributed by atoms with Gasteiger partial charge in [0.15, 0.2) is 0 Å². The topological polar surface area (TPSA) is 93.4 Å². The van der Waals surface area contributed by atoms with E-state index in [-0.39, 0.29) is 29.5 Å². The van der Waals surface area contributed by atoms with E-state index in [9.17, 15) is 14.9 Å². The summed E-state index contributed by atoms with van der Waals surface area (Å²) in [6.45, 7) is 7.25. The normalized spacial score (nSPS) is 16.3. The second kappa shape index (κ2) is 9.64. The lowest BCUT2D eigenvalue weighted by molar-refractivity contribution is -0.139. The van der Waals surface area contributed by atoms with E-state index in [4.69, 9.17) is 9.47 Å². The first-order chi connectivity index (χ1) is 12.5. The van der Waals surface area contributed by atoms with Crippen LogP contribution in [0.15, 0.2) is 0 Å². The van der Waals surface area contributed by atoms with Crippen LogP contribution in [0.5, 0.6) is 0 Å². The molecule has 0 aromatic carbocycles. The number of aromatic nitrogens is 1. The van der Waals surface area contributed by atoms with Gasteiger partial charge in [0.2, 0.25) is 5.91 Å². The molecule has 0 spiro atoms. The summed E-state index contributed by atoms with van der Waals surface area (Å²) in [4.78, 5) is 23.6. The largest absolute Gasteiger partial charge is 0.465 e. The Bertz CT molecular complexity index is 702. The number of thioether (sulfide) groups is 1. The maximum atomic E-state index is 12.3. The van der Waals surface area contributed by atoms with Crippen LogP contribution in [-0.2, 0) is 25.6 Å². The van der Waals surface area contributed by atoms with Gasteiger partial charge in [-0.25, -0.2) is 0 Å². The van der Waals surface area contributed by atoms with Crippen molar-refractivity contribution in [1.29, 1.82) is 5.26 Å². The fourth-order valence-corrected chi connectivity index (χ4v) is 3.56. The lowest BCUT2D eigenvalue weighted by Crippen LogP contribution is -2.22. The summed E-state index contributed by atoms with van der Waals surface area (Å²) >= 11 is 1.19. The van der Waals surface area contributed by atoms with Gasteiger partial charge in [-0.15, -0.1) is 11.8 Å². The Morgan fingerprint density at radius 2 is 2.19 bits per heavy atom. The molecule has 2 rings (SSSR count). The molecule has 1 N–H and O–H groups in total. The summed E-state index contributed by atoms with van der Waals surface area (Å²) in [5.74, 6) is 0.173. The molecule has 2 heterocycles. The first-order valence-corrected chi connectivity index (χ1v) is 9.88. The highest BCUT2D eigenvalue weighted by molar-refractivity contribution is 8.00. The molecule has 1 atom stereocenters. The quantitative estimate of drug-likeness (QED) is 0.697. The molecule has 0 aliphatic carbocycles. The first kappa shape index (κ1) is 20.3. The Labute approximate surface area is 158 Å². The van der Waals surface area contributed by atoms with Crippen LogP contribution in [0.1, 0.15) is 36.6 Å². The minimum atomic E-state index is -0.337. The van der Waals surface area contributed by atoms with Crippen molar-refractivity contribution in [2.45, 2.75) is 46.3 Å². The third-order valence-electron chi connectivity index (χ3n) is 4.37. The fraction of sp³-hybridized carbons (Fsp3) is 0.611. The van der Waals surface area contributed by atoms with Crippen molar-refractivity contribution in [2.24, 2.45) is 0 Å². The molecule has 1 aromatic rings. The van der Waals surface area contributed by atoms with Gasteiger partial charge >= 0.3 is 5.97 Å². The second-order valence-corrected chi connectivity index (χ2v) is 7.12. The predicted octanol–water partition coefficient (Wildman–Crippen LogP) is 2.39. The van der Waals surface area contributed by atoms with Gasteiger partial charge in [0.05, 0.1) is 36.3 Å². The highest BCUT2D eigenvalue weighted by Crippen LogP contribution is 2.28. The maximum absolute atomic E-state index is 12.3. The van der Waals surface area contributed by atoms with Crippen molar-refractivity contribution in [2.75, 3.05) is 30.0 Å². The molecule has 1 amide bonds. The van der Waals surface area contributed by atoms with E-state index in [1.165, 1.54) is 11.8 Å². The lowest BCUT2D eigenvalue weighted by Gasteiger charge is -2.16. The molecule has 1 aliphatic heterocycles. The van der Waals surface area contributed by atoms with Crippen LogP contribution in [0.25, 0.3) is 0 Å². The predicted molar refractivity (Wildman–Crippen MR) is 100 cm³/mol. The molecule has 1 fully saturated rings. The number of esters is 1. The summed E-state index contributed by atoms with van der Waals surface area (Å²) in [6.07, 6.45) is 2.10. The van der Waals surface area contributed by atoms with Gasteiger partial charge in [0, 0.05) is 12.3 Å². The van der Waals surface area contributed by atoms with Gasteiger partial charge in [0.25, 0.3) is 0 Å². The van der Waals surface area contributed by atoms with Crippen molar-refractivity contribution >= 4 is 29.5 Å². The Hall–Kier alpha value is -1.98. The molecule has 142 valence electrons. The van der Waals surface area contributed by atoms with Crippen LogP contribution < -0.4 is 5.32 Å². The summed E-state index contributed by atoms with van der Waals surface area (Å²) in [6, 6.07) is 2.19. The maximum Gasteiger partial charge on any atom is 0.315 e. The molecule has 1 aromatic heterocycles. The summed E-state index contributed by atoms with van der Waals surface area (Å²) in [7, 11) is 0. The summed E-state index contributed by atoms with van der Waals surface area (Å²) < 4.78 is 12.5. The van der Waals surface area contributed by atoms with E-state index in [1.807, 2.05) is 18.4 Å². The molecule has 0 saturated carbocycles. The summed E-state index contributed by atoms with van der Waals surface area (Å²) in [5, 5.41) is 12.4. The minimum absolute atomic E-state index is 0.0980. The molecule has 8 heteroatoms. The Balaban J connectivity index is 2.06. The van der Waals surface area contributed by atoms with Crippen molar-refractivity contribution < 1.29 is 19.1 Å². The zero-order valence-corrected chi connectivity index (χ0v) is 16.3. The van der Waals surface area contributed by atoms with Crippen molar-refractivity contribution in [1.82, 2.24) is 4.57 Å². The number of ether oxygens (including phenoxy) is 2. The molecule has 0 bridgehead atoms. The third-order valence-corrected chi connectivity index (χ3v) is 5.27. The van der Waals surface area contributed by atoms with E-state index in [1.54, 1.807) is 6.92 Å². The molecule has 26 heavy (non-hydrogen) atoms. The molecule has 1 aliphatic rings. The monoisotopic (exact) mass is 379 g/mol. The number of anilines is 1. The number of nitrogens with zero attached hydrogens (tertiary/aromatic N) is 2. The third kappa shape index (κ3) is 5.02. The van der Waals surface area contributed by atoms with Gasteiger partial charge in [-0.2, -0.15) is 5.26 Å². The minimum Gasteiger partial charge on any atom is -0.465 e. The number of hydrogen-bond donors (Lipinski definition) is 1. The van der Waals surface area contributed by atoms with E-state index in [0.717, 1.165) is 30.7 Å². The number of hydrogen-bond acceptors (Lipinski definition) is 6. The number of amides is 1. The average Bonchev–Trinajstić information content (AvgIpc) is 3.18. The van der Waals surface area contributed by atoms with E-state index in [2.05, 4.69) is 11.4 Å². The standard InChI is InChI=1S/C18H25N3O4S/c1-4-24-17(23)11-26-10-16(22)20-18-15(8-19)12(2)13(3)21(18)9-14-6-5-7-25-14/h14H,4-7,9-11H2,1-3H3,(H,20,22)/t14-/m0/s1. The van der Waals surface area contributed by atoms with Crippen LogP contribution in [-0.4, -0.2) is 47.3 Å². The van der Waals surface area contributed by atoms with E-state index < -0.39 is 0 Å². The Kier molecular flexibility index (Phi) is 7.54. The van der Waals surface area contributed by atoms with Crippen LogP contribution in [0.4, 0.5) is 5.82 Å². The van der Waals surface area contributed by atoms with Crippen molar-refractivity contribution in [3.63, 3.8) is 0 Å². The molecule has 1 saturated heterocycles. The number of nitriles is 1.